The molecule has 2 saturated heterocycles. The summed E-state index contributed by atoms with van der Waals surface area (Å²) in [4.78, 5) is 5.94. The summed E-state index contributed by atoms with van der Waals surface area (Å²) in [5.41, 5.74) is 0. The van der Waals surface area contributed by atoms with E-state index in [0.29, 0.717) is 18.6 Å². The number of aliphatic hydroxyl groups is 1. The van der Waals surface area contributed by atoms with Crippen molar-refractivity contribution in [2.45, 2.75) is 31.8 Å². The summed E-state index contributed by atoms with van der Waals surface area (Å²) in [7, 11) is 0. The van der Waals surface area contributed by atoms with Crippen LogP contribution in [0.3, 0.4) is 0 Å². The summed E-state index contributed by atoms with van der Waals surface area (Å²) in [5, 5.41) is 14.5. The van der Waals surface area contributed by atoms with Crippen LogP contribution in [0, 0.1) is 5.92 Å². The number of hydrogen-bond acceptors (Lipinski definition) is 4. The molecule has 4 nitrogen and oxygen atoms in total. The van der Waals surface area contributed by atoms with E-state index in [9.17, 15) is 0 Å². The topological polar surface area (TPSA) is 44.7 Å². The van der Waals surface area contributed by atoms with E-state index in [1.54, 1.807) is 0 Å². The van der Waals surface area contributed by atoms with Crippen molar-refractivity contribution in [2.24, 2.45) is 5.92 Å². The standard InChI is InChI=1S/C11H22N2O2/c14-9-10-3-7-13(8-4-10)15-11-1-5-12-6-2-11/h10-12,14H,1-9H2. The molecule has 0 aromatic carbocycles. The van der Waals surface area contributed by atoms with E-state index >= 15 is 0 Å². The molecule has 0 spiro atoms. The van der Waals surface area contributed by atoms with Crippen LogP contribution in [0.15, 0.2) is 0 Å². The van der Waals surface area contributed by atoms with Gasteiger partial charge in [0.15, 0.2) is 0 Å². The van der Waals surface area contributed by atoms with Crippen LogP contribution in [0.5, 0.6) is 0 Å². The van der Waals surface area contributed by atoms with Gasteiger partial charge in [-0.2, -0.15) is 5.06 Å². The van der Waals surface area contributed by atoms with E-state index in [2.05, 4.69) is 10.4 Å². The van der Waals surface area contributed by atoms with Crippen LogP contribution >= 0.6 is 0 Å². The zero-order valence-electron chi connectivity index (χ0n) is 9.32. The van der Waals surface area contributed by atoms with Crippen LogP contribution in [0.2, 0.25) is 0 Å². The Morgan fingerprint density at radius 3 is 2.40 bits per heavy atom. The fourth-order valence-corrected chi connectivity index (χ4v) is 2.31. The molecule has 15 heavy (non-hydrogen) atoms. The van der Waals surface area contributed by atoms with Crippen molar-refractivity contribution in [3.63, 3.8) is 0 Å². The van der Waals surface area contributed by atoms with E-state index in [4.69, 9.17) is 9.94 Å². The molecule has 0 saturated carbocycles. The molecule has 0 aliphatic carbocycles. The van der Waals surface area contributed by atoms with E-state index in [1.807, 2.05) is 0 Å². The zero-order chi connectivity index (χ0) is 10.5. The Morgan fingerprint density at radius 1 is 1.13 bits per heavy atom. The first kappa shape index (κ1) is 11.3. The summed E-state index contributed by atoms with van der Waals surface area (Å²) in [5.74, 6) is 0.498. The molecular weight excluding hydrogens is 192 g/mol. The third-order valence-corrected chi connectivity index (χ3v) is 3.42. The first-order valence-electron chi connectivity index (χ1n) is 6.12. The normalized spacial score (nSPS) is 27.0. The highest BCUT2D eigenvalue weighted by atomic mass is 16.7. The average molecular weight is 214 g/mol. The van der Waals surface area contributed by atoms with Crippen molar-refractivity contribution in [2.75, 3.05) is 32.8 Å². The molecule has 2 rings (SSSR count). The van der Waals surface area contributed by atoms with Gasteiger partial charge in [0.1, 0.15) is 0 Å². The van der Waals surface area contributed by atoms with Crippen molar-refractivity contribution >= 4 is 0 Å². The molecule has 0 bridgehead atoms. The smallest absolute Gasteiger partial charge is 0.0817 e. The van der Waals surface area contributed by atoms with E-state index in [1.165, 1.54) is 0 Å². The molecule has 2 aliphatic rings. The predicted molar refractivity (Wildman–Crippen MR) is 58.4 cm³/mol. The van der Waals surface area contributed by atoms with Gasteiger partial charge in [0.2, 0.25) is 0 Å². The van der Waals surface area contributed by atoms with Crippen molar-refractivity contribution in [3.8, 4) is 0 Å². The number of aliphatic hydroxyl groups excluding tert-OH is 1. The minimum absolute atomic E-state index is 0.335. The van der Waals surface area contributed by atoms with Crippen molar-refractivity contribution in [3.05, 3.63) is 0 Å². The minimum atomic E-state index is 0.335. The molecule has 0 unspecified atom stereocenters. The highest BCUT2D eigenvalue weighted by molar-refractivity contribution is 4.71. The van der Waals surface area contributed by atoms with Gasteiger partial charge in [0.25, 0.3) is 0 Å². The number of hydroxylamine groups is 2. The molecule has 0 aromatic heterocycles. The van der Waals surface area contributed by atoms with E-state index < -0.39 is 0 Å². The Balaban J connectivity index is 1.67. The summed E-state index contributed by atoms with van der Waals surface area (Å²) in [6.07, 6.45) is 4.81. The molecule has 0 amide bonds. The Labute approximate surface area is 91.5 Å². The molecule has 2 fully saturated rings. The number of nitrogens with one attached hydrogen (secondary N) is 1. The molecule has 88 valence electrons. The number of rotatable bonds is 3. The Bertz CT molecular complexity index is 175. The highest BCUT2D eigenvalue weighted by Gasteiger charge is 2.22. The Kier molecular flexibility index (Phi) is 4.38. The predicted octanol–water partition coefficient (Wildman–Crippen LogP) is 0.374. The van der Waals surface area contributed by atoms with Crippen LogP contribution in [0.4, 0.5) is 0 Å². The lowest BCUT2D eigenvalue weighted by atomic mass is 9.99. The monoisotopic (exact) mass is 214 g/mol. The van der Waals surface area contributed by atoms with Gasteiger partial charge < -0.3 is 10.4 Å². The average Bonchev–Trinajstić information content (AvgIpc) is 2.31. The zero-order valence-corrected chi connectivity index (χ0v) is 9.32. The van der Waals surface area contributed by atoms with Crippen LogP contribution in [0.25, 0.3) is 0 Å². The van der Waals surface area contributed by atoms with Gasteiger partial charge in [-0.05, 0) is 44.7 Å². The lowest BCUT2D eigenvalue weighted by Gasteiger charge is -2.34. The Hall–Kier alpha value is -0.160. The van der Waals surface area contributed by atoms with Gasteiger partial charge in [-0.3, -0.25) is 4.84 Å². The van der Waals surface area contributed by atoms with Crippen molar-refractivity contribution < 1.29 is 9.94 Å². The maximum Gasteiger partial charge on any atom is 0.0817 e. The van der Waals surface area contributed by atoms with Gasteiger partial charge >= 0.3 is 0 Å². The first-order chi connectivity index (χ1) is 7.38. The second kappa shape index (κ2) is 5.80. The van der Waals surface area contributed by atoms with Gasteiger partial charge in [-0.1, -0.05) is 0 Å². The summed E-state index contributed by atoms with van der Waals surface area (Å²) >= 11 is 0. The lowest BCUT2D eigenvalue weighted by Crippen LogP contribution is -2.41. The molecular formula is C11H22N2O2. The van der Waals surface area contributed by atoms with Gasteiger partial charge in [0, 0.05) is 19.7 Å². The van der Waals surface area contributed by atoms with Crippen LogP contribution < -0.4 is 5.32 Å². The third-order valence-electron chi connectivity index (χ3n) is 3.42. The number of hydrogen-bond donors (Lipinski definition) is 2. The first-order valence-corrected chi connectivity index (χ1v) is 6.12. The molecule has 2 heterocycles. The molecule has 0 aromatic rings. The number of piperidine rings is 2. The van der Waals surface area contributed by atoms with Crippen molar-refractivity contribution in [1.82, 2.24) is 10.4 Å². The highest BCUT2D eigenvalue weighted by Crippen LogP contribution is 2.19. The fraction of sp³-hybridized carbons (Fsp3) is 1.00. The summed E-state index contributed by atoms with van der Waals surface area (Å²) in [6.45, 7) is 4.46. The van der Waals surface area contributed by atoms with Crippen molar-refractivity contribution in [1.29, 1.82) is 0 Å². The van der Waals surface area contributed by atoms with Gasteiger partial charge in [0.05, 0.1) is 6.10 Å². The lowest BCUT2D eigenvalue weighted by molar-refractivity contribution is -0.215. The molecule has 2 N–H and O–H groups in total. The van der Waals surface area contributed by atoms with Crippen LogP contribution in [0.1, 0.15) is 25.7 Å². The van der Waals surface area contributed by atoms with E-state index in [-0.39, 0.29) is 0 Å². The molecule has 4 heteroatoms. The fourth-order valence-electron chi connectivity index (χ4n) is 2.31. The quantitative estimate of drug-likeness (QED) is 0.712. The van der Waals surface area contributed by atoms with Gasteiger partial charge in [-0.25, -0.2) is 0 Å². The maximum atomic E-state index is 9.03. The summed E-state index contributed by atoms with van der Waals surface area (Å²) in [6, 6.07) is 0. The van der Waals surface area contributed by atoms with Gasteiger partial charge in [-0.15, -0.1) is 0 Å². The SMILES string of the molecule is OCC1CCN(OC2CCNCC2)CC1. The molecule has 0 radical (unpaired) electrons. The molecule has 0 atom stereocenters. The largest absolute Gasteiger partial charge is 0.396 e. The molecule has 2 aliphatic heterocycles. The number of nitrogens with zero attached hydrogens (tertiary/aromatic N) is 1. The maximum absolute atomic E-state index is 9.03. The Morgan fingerprint density at radius 2 is 1.80 bits per heavy atom. The minimum Gasteiger partial charge on any atom is -0.396 e. The van der Waals surface area contributed by atoms with E-state index in [0.717, 1.165) is 51.9 Å². The summed E-state index contributed by atoms with van der Waals surface area (Å²) < 4.78 is 0. The van der Waals surface area contributed by atoms with Crippen LogP contribution in [-0.4, -0.2) is 49.1 Å². The second-order valence-electron chi connectivity index (χ2n) is 4.61. The second-order valence-corrected chi connectivity index (χ2v) is 4.61. The third kappa shape index (κ3) is 3.41. The van der Waals surface area contributed by atoms with Crippen LogP contribution in [-0.2, 0) is 4.84 Å².